The number of carbonyl (C=O) groups is 2. The third-order valence-electron chi connectivity index (χ3n) is 4.70. The van der Waals surface area contributed by atoms with Crippen LogP contribution in [0.4, 0.5) is 20.3 Å². The van der Waals surface area contributed by atoms with Gasteiger partial charge < -0.3 is 15.4 Å². The van der Waals surface area contributed by atoms with E-state index >= 15 is 0 Å². The van der Waals surface area contributed by atoms with Gasteiger partial charge >= 0.3 is 0 Å². The first-order valence-electron chi connectivity index (χ1n) is 8.87. The van der Waals surface area contributed by atoms with Crippen LogP contribution in [0.15, 0.2) is 36.7 Å². The number of H-pyrrole nitrogens is 1. The molecule has 0 aliphatic carbocycles. The van der Waals surface area contributed by atoms with Crippen molar-refractivity contribution < 1.29 is 23.5 Å². The molecule has 4 rings (SSSR count). The summed E-state index contributed by atoms with van der Waals surface area (Å²) in [5.41, 5.74) is 1.42. The number of benzene rings is 1. The molecular formula is C19H17F2N5O3. The van der Waals surface area contributed by atoms with Gasteiger partial charge in [0, 0.05) is 30.4 Å². The standard InChI is InChI=1S/C19H17F2N5O3/c20-12-6-11-14(7-13(12)21)23-8-15(11)25-19(29)18(28)24-9-16(27)26-5-3-10-2-1-4-22-17(10)26/h1-2,4,6-8,18,23-24,28H,3,5,9H2,(H,25,29). The SMILES string of the molecule is O=C(Nc1c[nH]c2cc(F)c(F)cc12)C(O)NCC(=O)N1CCc2cccnc21. The van der Waals surface area contributed by atoms with Crippen molar-refractivity contribution in [1.29, 1.82) is 0 Å². The zero-order valence-electron chi connectivity index (χ0n) is 15.1. The van der Waals surface area contributed by atoms with Crippen molar-refractivity contribution >= 4 is 34.2 Å². The van der Waals surface area contributed by atoms with Gasteiger partial charge in [-0.15, -0.1) is 0 Å². The lowest BCUT2D eigenvalue weighted by Crippen LogP contribution is -2.46. The average Bonchev–Trinajstić information content (AvgIpc) is 3.31. The molecule has 8 nitrogen and oxygen atoms in total. The number of halogens is 2. The van der Waals surface area contributed by atoms with E-state index in [1.54, 1.807) is 12.3 Å². The molecule has 2 aromatic heterocycles. The van der Waals surface area contributed by atoms with Gasteiger partial charge in [-0.05, 0) is 24.1 Å². The van der Waals surface area contributed by atoms with Crippen LogP contribution >= 0.6 is 0 Å². The molecule has 29 heavy (non-hydrogen) atoms. The number of nitrogens with zero attached hydrogens (tertiary/aromatic N) is 2. The van der Waals surface area contributed by atoms with E-state index in [-0.39, 0.29) is 29.0 Å². The van der Waals surface area contributed by atoms with Gasteiger partial charge in [-0.1, -0.05) is 6.07 Å². The van der Waals surface area contributed by atoms with E-state index in [0.717, 1.165) is 17.7 Å². The minimum atomic E-state index is -1.68. The number of aliphatic hydroxyl groups is 1. The summed E-state index contributed by atoms with van der Waals surface area (Å²) in [4.78, 5) is 33.0. The molecule has 0 radical (unpaired) electrons. The fourth-order valence-corrected chi connectivity index (χ4v) is 3.24. The maximum atomic E-state index is 13.5. The highest BCUT2D eigenvalue weighted by Gasteiger charge is 2.26. The van der Waals surface area contributed by atoms with E-state index in [2.05, 4.69) is 20.6 Å². The summed E-state index contributed by atoms with van der Waals surface area (Å²) in [6.07, 6.45) is 1.96. The van der Waals surface area contributed by atoms with Crippen LogP contribution in [0, 0.1) is 11.6 Å². The third-order valence-corrected chi connectivity index (χ3v) is 4.70. The van der Waals surface area contributed by atoms with E-state index in [1.807, 2.05) is 6.07 Å². The zero-order valence-corrected chi connectivity index (χ0v) is 15.1. The number of pyridine rings is 1. The van der Waals surface area contributed by atoms with Gasteiger partial charge in [-0.3, -0.25) is 19.8 Å². The molecule has 0 spiro atoms. The van der Waals surface area contributed by atoms with Crippen LogP contribution in [0.3, 0.4) is 0 Å². The second-order valence-electron chi connectivity index (χ2n) is 6.57. The Bertz CT molecular complexity index is 1100. The third kappa shape index (κ3) is 3.67. The molecule has 150 valence electrons. The van der Waals surface area contributed by atoms with Crippen LogP contribution < -0.4 is 15.5 Å². The highest BCUT2D eigenvalue weighted by Crippen LogP contribution is 2.26. The normalized spacial score (nSPS) is 14.1. The van der Waals surface area contributed by atoms with Gasteiger partial charge in [0.2, 0.25) is 5.91 Å². The number of carbonyl (C=O) groups excluding carboxylic acids is 2. The largest absolute Gasteiger partial charge is 0.370 e. The Morgan fingerprint density at radius 1 is 1.31 bits per heavy atom. The fourth-order valence-electron chi connectivity index (χ4n) is 3.24. The number of hydrogen-bond donors (Lipinski definition) is 4. The molecular weight excluding hydrogens is 384 g/mol. The maximum absolute atomic E-state index is 13.5. The molecule has 3 heterocycles. The Hall–Kier alpha value is -3.37. The van der Waals surface area contributed by atoms with Crippen LogP contribution in [0.5, 0.6) is 0 Å². The topological polar surface area (TPSA) is 110 Å². The second-order valence-corrected chi connectivity index (χ2v) is 6.57. The van der Waals surface area contributed by atoms with E-state index in [9.17, 15) is 23.5 Å². The first-order valence-corrected chi connectivity index (χ1v) is 8.87. The minimum absolute atomic E-state index is 0.175. The fraction of sp³-hybridized carbons (Fsp3) is 0.211. The Morgan fingerprint density at radius 3 is 2.93 bits per heavy atom. The quantitative estimate of drug-likeness (QED) is 0.482. The lowest BCUT2D eigenvalue weighted by molar-refractivity contribution is -0.126. The lowest BCUT2D eigenvalue weighted by Gasteiger charge is -2.18. The van der Waals surface area contributed by atoms with Gasteiger partial charge in [0.15, 0.2) is 17.9 Å². The van der Waals surface area contributed by atoms with Gasteiger partial charge in [-0.2, -0.15) is 0 Å². The summed E-state index contributed by atoms with van der Waals surface area (Å²) in [5, 5.41) is 15.1. The molecule has 3 aromatic rings. The average molecular weight is 401 g/mol. The molecule has 0 fully saturated rings. The number of anilines is 2. The molecule has 4 N–H and O–H groups in total. The first-order chi connectivity index (χ1) is 13.9. The summed E-state index contributed by atoms with van der Waals surface area (Å²) in [6.45, 7) is 0.199. The Balaban J connectivity index is 1.37. The lowest BCUT2D eigenvalue weighted by atomic mass is 10.2. The van der Waals surface area contributed by atoms with Gasteiger partial charge in [0.1, 0.15) is 5.82 Å². The van der Waals surface area contributed by atoms with Crippen molar-refractivity contribution in [2.45, 2.75) is 12.6 Å². The molecule has 0 bridgehead atoms. The monoisotopic (exact) mass is 401 g/mol. The molecule has 1 aliphatic heterocycles. The Kier molecular flexibility index (Phi) is 4.95. The van der Waals surface area contributed by atoms with Gasteiger partial charge in [-0.25, -0.2) is 13.8 Å². The summed E-state index contributed by atoms with van der Waals surface area (Å²) < 4.78 is 26.7. The van der Waals surface area contributed by atoms with Crippen molar-refractivity contribution in [3.63, 3.8) is 0 Å². The molecule has 0 saturated heterocycles. The van der Waals surface area contributed by atoms with Crippen LogP contribution in [0.1, 0.15) is 5.56 Å². The molecule has 1 unspecified atom stereocenters. The van der Waals surface area contributed by atoms with E-state index in [4.69, 9.17) is 0 Å². The first kappa shape index (κ1) is 19.0. The summed E-state index contributed by atoms with van der Waals surface area (Å²) in [7, 11) is 0. The van der Waals surface area contributed by atoms with E-state index in [0.29, 0.717) is 18.8 Å². The van der Waals surface area contributed by atoms with E-state index < -0.39 is 23.8 Å². The van der Waals surface area contributed by atoms with E-state index in [1.165, 1.54) is 11.1 Å². The van der Waals surface area contributed by atoms with Crippen LogP contribution in [0.25, 0.3) is 10.9 Å². The smallest absolute Gasteiger partial charge is 0.268 e. The number of aromatic amines is 1. The van der Waals surface area contributed by atoms with Crippen molar-refractivity contribution in [3.05, 3.63) is 53.9 Å². The predicted octanol–water partition coefficient (Wildman–Crippen LogP) is 1.28. The summed E-state index contributed by atoms with van der Waals surface area (Å²) in [5.74, 6) is -2.68. The molecule has 2 amide bonds. The molecule has 1 aliphatic rings. The van der Waals surface area contributed by atoms with Gasteiger partial charge in [0.25, 0.3) is 5.91 Å². The zero-order chi connectivity index (χ0) is 20.5. The number of hydrogen-bond acceptors (Lipinski definition) is 5. The Morgan fingerprint density at radius 2 is 2.10 bits per heavy atom. The highest BCUT2D eigenvalue weighted by atomic mass is 19.2. The second kappa shape index (κ2) is 7.57. The predicted molar refractivity (Wildman–Crippen MR) is 101 cm³/mol. The molecule has 1 atom stereocenters. The van der Waals surface area contributed by atoms with Crippen LogP contribution in [0.2, 0.25) is 0 Å². The number of aliphatic hydroxyl groups excluding tert-OH is 1. The van der Waals surface area contributed by atoms with Crippen molar-refractivity contribution in [2.24, 2.45) is 0 Å². The van der Waals surface area contributed by atoms with Crippen LogP contribution in [-0.2, 0) is 16.0 Å². The van der Waals surface area contributed by atoms with Crippen molar-refractivity contribution in [1.82, 2.24) is 15.3 Å². The number of nitrogens with one attached hydrogen (secondary N) is 3. The highest BCUT2D eigenvalue weighted by molar-refractivity contribution is 6.03. The molecule has 10 heteroatoms. The number of rotatable bonds is 5. The minimum Gasteiger partial charge on any atom is -0.370 e. The molecule has 0 saturated carbocycles. The summed E-state index contributed by atoms with van der Waals surface area (Å²) in [6, 6.07) is 5.60. The molecule has 1 aromatic carbocycles. The summed E-state index contributed by atoms with van der Waals surface area (Å²) >= 11 is 0. The maximum Gasteiger partial charge on any atom is 0.268 e. The number of aromatic nitrogens is 2. The van der Waals surface area contributed by atoms with Crippen LogP contribution in [-0.4, -0.2) is 46.2 Å². The van der Waals surface area contributed by atoms with Crippen molar-refractivity contribution in [2.75, 3.05) is 23.3 Å². The number of amides is 2. The Labute approximate surface area is 163 Å². The van der Waals surface area contributed by atoms with Gasteiger partial charge in [0.05, 0.1) is 17.7 Å². The number of fused-ring (bicyclic) bond motifs is 2. The van der Waals surface area contributed by atoms with Crippen molar-refractivity contribution in [3.8, 4) is 0 Å².